The lowest BCUT2D eigenvalue weighted by molar-refractivity contribution is -0.120. The van der Waals surface area contributed by atoms with Crippen molar-refractivity contribution in [2.45, 2.75) is 18.9 Å². The highest BCUT2D eigenvalue weighted by molar-refractivity contribution is 6.10. The number of rotatable bonds is 5. The van der Waals surface area contributed by atoms with Gasteiger partial charge in [0.25, 0.3) is 5.89 Å². The van der Waals surface area contributed by atoms with E-state index in [1.807, 2.05) is 72.9 Å². The molecule has 8 heteroatoms. The summed E-state index contributed by atoms with van der Waals surface area (Å²) in [5.41, 5.74) is 3.73. The summed E-state index contributed by atoms with van der Waals surface area (Å²) in [4.78, 5) is 37.2. The van der Waals surface area contributed by atoms with Crippen LogP contribution in [-0.4, -0.2) is 39.4 Å². The zero-order valence-corrected chi connectivity index (χ0v) is 21.7. The lowest BCUT2D eigenvalue weighted by Gasteiger charge is -2.22. The third kappa shape index (κ3) is 4.01. The number of carbonyl (C=O) groups excluding carboxylic acids is 2. The van der Waals surface area contributed by atoms with Gasteiger partial charge in [0.2, 0.25) is 5.91 Å². The second kappa shape index (κ2) is 9.50. The molecule has 2 amide bonds. The van der Waals surface area contributed by atoms with Crippen molar-refractivity contribution >= 4 is 39.2 Å². The molecule has 0 bridgehead atoms. The van der Waals surface area contributed by atoms with Crippen LogP contribution in [-0.2, 0) is 17.6 Å². The Morgan fingerprint density at radius 3 is 2.70 bits per heavy atom. The Bertz CT molecular complexity index is 1900. The first-order valence-corrected chi connectivity index (χ1v) is 13.1. The van der Waals surface area contributed by atoms with E-state index in [4.69, 9.17) is 9.40 Å². The molecule has 1 aliphatic rings. The number of carbonyl (C=O) groups is 2. The van der Waals surface area contributed by atoms with Crippen LogP contribution in [0, 0.1) is 0 Å². The van der Waals surface area contributed by atoms with Gasteiger partial charge in [0, 0.05) is 43.1 Å². The molecule has 3 aromatic heterocycles. The number of nitrogens with zero attached hydrogens (tertiary/aromatic N) is 4. The fraction of sp³-hybridized carbons (Fsp3) is 0.125. The van der Waals surface area contributed by atoms with Crippen LogP contribution in [0.1, 0.15) is 27.6 Å². The van der Waals surface area contributed by atoms with Gasteiger partial charge >= 0.3 is 5.91 Å². The van der Waals surface area contributed by atoms with E-state index in [0.29, 0.717) is 18.6 Å². The topological polar surface area (TPSA) is 93.3 Å². The second-order valence-corrected chi connectivity index (χ2v) is 9.97. The number of pyridine rings is 1. The van der Waals surface area contributed by atoms with Crippen molar-refractivity contribution in [3.05, 3.63) is 120 Å². The number of anilines is 1. The maximum Gasteiger partial charge on any atom is 0.307 e. The molecule has 0 radical (unpaired) electrons. The summed E-state index contributed by atoms with van der Waals surface area (Å²) < 4.78 is 7.82. The van der Waals surface area contributed by atoms with Crippen LogP contribution >= 0.6 is 0 Å². The highest BCUT2D eigenvalue weighted by atomic mass is 16.4. The average Bonchev–Trinajstić information content (AvgIpc) is 3.59. The van der Waals surface area contributed by atoms with Crippen molar-refractivity contribution < 1.29 is 14.0 Å². The number of likely N-dealkylation sites (N-methyl/N-ethyl adjacent to an activating group) is 1. The lowest BCUT2D eigenvalue weighted by atomic mass is 10.1. The molecule has 0 fully saturated rings. The van der Waals surface area contributed by atoms with Gasteiger partial charge in [-0.15, -0.1) is 0 Å². The van der Waals surface area contributed by atoms with E-state index in [-0.39, 0.29) is 11.8 Å². The van der Waals surface area contributed by atoms with Gasteiger partial charge in [-0.25, -0.2) is 9.97 Å². The Labute approximate surface area is 229 Å². The van der Waals surface area contributed by atoms with Gasteiger partial charge < -0.3 is 19.2 Å². The molecule has 1 N–H and O–H groups in total. The molecule has 8 nitrogen and oxygen atoms in total. The molecule has 40 heavy (non-hydrogen) atoms. The molecule has 0 spiro atoms. The maximum atomic E-state index is 13.5. The predicted molar refractivity (Wildman–Crippen MR) is 153 cm³/mol. The van der Waals surface area contributed by atoms with E-state index < -0.39 is 11.9 Å². The van der Waals surface area contributed by atoms with Gasteiger partial charge in [-0.3, -0.25) is 9.59 Å². The molecule has 0 saturated heterocycles. The first kappa shape index (κ1) is 23.8. The van der Waals surface area contributed by atoms with Crippen molar-refractivity contribution in [3.8, 4) is 5.82 Å². The fourth-order valence-corrected chi connectivity index (χ4v) is 5.54. The Balaban J connectivity index is 1.22. The Hall–Kier alpha value is -5.24. The SMILES string of the molecule is CN1C(=O)[C@@H](NC(=O)c2ncc(Cc3ccccc3)o2)Cc2cn(-c3nccc4ccccc34)c3cccc1c23. The van der Waals surface area contributed by atoms with E-state index in [1.54, 1.807) is 24.3 Å². The molecule has 7 rings (SSSR count). The number of hydrogen-bond donors (Lipinski definition) is 1. The smallest absolute Gasteiger partial charge is 0.307 e. The Morgan fingerprint density at radius 2 is 1.82 bits per heavy atom. The van der Waals surface area contributed by atoms with Gasteiger partial charge in [0.05, 0.1) is 17.4 Å². The molecule has 0 saturated carbocycles. The Kier molecular flexibility index (Phi) is 5.66. The van der Waals surface area contributed by atoms with Gasteiger partial charge in [-0.2, -0.15) is 0 Å². The van der Waals surface area contributed by atoms with E-state index in [2.05, 4.69) is 27.0 Å². The number of oxazole rings is 1. The average molecular weight is 528 g/mol. The normalized spacial score (nSPS) is 15.0. The van der Waals surface area contributed by atoms with Gasteiger partial charge in [-0.1, -0.05) is 60.7 Å². The third-order valence-electron chi connectivity index (χ3n) is 7.46. The van der Waals surface area contributed by atoms with Crippen LogP contribution in [0.15, 0.2) is 102 Å². The zero-order valence-electron chi connectivity index (χ0n) is 21.7. The summed E-state index contributed by atoms with van der Waals surface area (Å²) in [7, 11) is 1.74. The van der Waals surface area contributed by atoms with Crippen LogP contribution in [0.25, 0.3) is 27.5 Å². The lowest BCUT2D eigenvalue weighted by Crippen LogP contribution is -2.48. The first-order valence-electron chi connectivity index (χ1n) is 13.1. The number of benzene rings is 3. The third-order valence-corrected chi connectivity index (χ3v) is 7.46. The van der Waals surface area contributed by atoms with Crippen molar-refractivity contribution in [3.63, 3.8) is 0 Å². The molecule has 0 unspecified atom stereocenters. The van der Waals surface area contributed by atoms with Gasteiger partial charge in [0.15, 0.2) is 0 Å². The minimum absolute atomic E-state index is 0.0641. The number of nitrogens with one attached hydrogen (secondary N) is 1. The number of hydrogen-bond acceptors (Lipinski definition) is 5. The first-order chi connectivity index (χ1) is 19.6. The largest absolute Gasteiger partial charge is 0.437 e. The monoisotopic (exact) mass is 527 g/mol. The van der Waals surface area contributed by atoms with Crippen LogP contribution in [0.4, 0.5) is 5.69 Å². The highest BCUT2D eigenvalue weighted by Crippen LogP contribution is 2.37. The maximum absolute atomic E-state index is 13.5. The minimum atomic E-state index is -0.797. The molecule has 1 atom stereocenters. The summed E-state index contributed by atoms with van der Waals surface area (Å²) >= 11 is 0. The van der Waals surface area contributed by atoms with Crippen molar-refractivity contribution in [2.24, 2.45) is 0 Å². The molecule has 4 heterocycles. The van der Waals surface area contributed by atoms with Crippen LogP contribution < -0.4 is 10.2 Å². The number of aromatic nitrogens is 3. The molecule has 0 aliphatic carbocycles. The Morgan fingerprint density at radius 1 is 1.00 bits per heavy atom. The van der Waals surface area contributed by atoms with E-state index in [0.717, 1.165) is 44.3 Å². The molecular weight excluding hydrogens is 502 g/mol. The molecular formula is C32H25N5O3. The van der Waals surface area contributed by atoms with Crippen molar-refractivity contribution in [1.29, 1.82) is 0 Å². The van der Waals surface area contributed by atoms with Gasteiger partial charge in [-0.05, 0) is 34.7 Å². The molecule has 3 aromatic carbocycles. The van der Waals surface area contributed by atoms with E-state index in [9.17, 15) is 9.59 Å². The van der Waals surface area contributed by atoms with Crippen molar-refractivity contribution in [1.82, 2.24) is 19.9 Å². The highest BCUT2D eigenvalue weighted by Gasteiger charge is 2.33. The predicted octanol–water partition coefficient (Wildman–Crippen LogP) is 5.08. The number of amides is 2. The second-order valence-electron chi connectivity index (χ2n) is 9.97. The molecule has 1 aliphatic heterocycles. The van der Waals surface area contributed by atoms with E-state index in [1.165, 1.54) is 0 Å². The quantitative estimate of drug-likeness (QED) is 0.338. The van der Waals surface area contributed by atoms with Gasteiger partial charge in [0.1, 0.15) is 17.6 Å². The molecule has 6 aromatic rings. The summed E-state index contributed by atoms with van der Waals surface area (Å²) in [6, 6.07) is 25.0. The minimum Gasteiger partial charge on any atom is -0.437 e. The van der Waals surface area contributed by atoms with Crippen LogP contribution in [0.5, 0.6) is 0 Å². The fourth-order valence-electron chi connectivity index (χ4n) is 5.54. The zero-order chi connectivity index (χ0) is 27.2. The number of fused-ring (bicyclic) bond motifs is 1. The van der Waals surface area contributed by atoms with Crippen molar-refractivity contribution in [2.75, 3.05) is 11.9 Å². The van der Waals surface area contributed by atoms with E-state index >= 15 is 0 Å². The van der Waals surface area contributed by atoms with Crippen LogP contribution in [0.2, 0.25) is 0 Å². The summed E-state index contributed by atoms with van der Waals surface area (Å²) in [5, 5.41) is 5.96. The summed E-state index contributed by atoms with van der Waals surface area (Å²) in [6.07, 6.45) is 6.23. The summed E-state index contributed by atoms with van der Waals surface area (Å²) in [6.45, 7) is 0. The molecule has 196 valence electrons. The standard InChI is InChI=1S/C32H25N5O3/c1-36-26-12-7-13-27-28(26)22(19-37(27)29-24-11-6-5-10-21(24)14-15-33-29)17-25(32(36)39)35-30(38)31-34-18-23(40-31)16-20-8-3-2-4-9-20/h2-15,18-19,25H,16-17H2,1H3,(H,35,38)/t25-/m0/s1. The summed E-state index contributed by atoms with van der Waals surface area (Å²) in [5.74, 6) is 0.596. The van der Waals surface area contributed by atoms with Crippen LogP contribution in [0.3, 0.4) is 0 Å².